The Morgan fingerprint density at radius 2 is 1.75 bits per heavy atom. The Kier molecular flexibility index (Phi) is 6.92. The van der Waals surface area contributed by atoms with Crippen LogP contribution in [0.4, 0.5) is 5.69 Å². The van der Waals surface area contributed by atoms with Crippen LogP contribution < -0.4 is 10.4 Å². The molecule has 0 heterocycles. The van der Waals surface area contributed by atoms with Gasteiger partial charge in [-0.05, 0) is 18.9 Å². The third-order valence-electron chi connectivity index (χ3n) is 3.30. The summed E-state index contributed by atoms with van der Waals surface area (Å²) >= 11 is 11.5. The van der Waals surface area contributed by atoms with Gasteiger partial charge in [-0.15, -0.1) is 27.8 Å². The van der Waals surface area contributed by atoms with Gasteiger partial charge < -0.3 is 5.73 Å². The average molecular weight is 320 g/mol. The largest absolute Gasteiger partial charge is 0.321 e. The van der Waals surface area contributed by atoms with Gasteiger partial charge in [0.05, 0.1) is 17.8 Å². The quantitative estimate of drug-likeness (QED) is 0.439. The van der Waals surface area contributed by atoms with Crippen molar-refractivity contribution in [1.29, 1.82) is 0 Å². The molecular weight excluding hydrogens is 299 g/mol. The van der Waals surface area contributed by atoms with Crippen molar-refractivity contribution in [3.8, 4) is 0 Å². The minimum Gasteiger partial charge on any atom is -0.321 e. The smallest absolute Gasteiger partial charge is 0.165 e. The van der Waals surface area contributed by atoms with Crippen molar-refractivity contribution in [2.24, 2.45) is 5.73 Å². The summed E-state index contributed by atoms with van der Waals surface area (Å²) in [6.45, 7) is 2.26. The first-order chi connectivity index (χ1) is 9.42. The van der Waals surface area contributed by atoms with Crippen LogP contribution >= 0.6 is 23.2 Å². The minimum atomic E-state index is -0.486. The van der Waals surface area contributed by atoms with Crippen molar-refractivity contribution in [2.75, 3.05) is 24.8 Å². The predicted octanol–water partition coefficient (Wildman–Crippen LogP) is 2.32. The number of carbonyl (C=O) groups is 1. The molecule has 0 aliphatic carbocycles. The molecular formula is C14H21Cl2N2O2+. The molecule has 0 saturated heterocycles. The van der Waals surface area contributed by atoms with E-state index in [0.717, 1.165) is 11.3 Å². The average Bonchev–Trinajstić information content (AvgIpc) is 2.39. The van der Waals surface area contributed by atoms with Crippen LogP contribution in [-0.4, -0.2) is 41.9 Å². The van der Waals surface area contributed by atoms with Gasteiger partial charge in [-0.2, -0.15) is 0 Å². The number of alkyl halides is 2. The first-order valence-corrected chi connectivity index (χ1v) is 7.57. The molecule has 0 radical (unpaired) electrons. The number of carbonyl (C=O) groups excluding carboxylic acids is 1. The maximum Gasteiger partial charge on any atom is 0.165 e. The van der Waals surface area contributed by atoms with Crippen molar-refractivity contribution < 1.29 is 10.0 Å². The van der Waals surface area contributed by atoms with E-state index in [1.807, 2.05) is 24.3 Å². The molecule has 1 rings (SSSR count). The van der Waals surface area contributed by atoms with Gasteiger partial charge in [0.15, 0.2) is 5.69 Å². The molecule has 1 atom stereocenters. The lowest BCUT2D eigenvalue weighted by molar-refractivity contribution is -0.118. The van der Waals surface area contributed by atoms with Crippen LogP contribution in [-0.2, 0) is 11.2 Å². The van der Waals surface area contributed by atoms with Crippen LogP contribution in [0.1, 0.15) is 12.5 Å². The van der Waals surface area contributed by atoms with E-state index in [-0.39, 0.29) is 10.4 Å². The highest BCUT2D eigenvalue weighted by Gasteiger charge is 2.27. The highest BCUT2D eigenvalue weighted by Crippen LogP contribution is 2.22. The number of nitrogens with two attached hydrogens (primary N) is 1. The van der Waals surface area contributed by atoms with E-state index in [1.165, 1.54) is 6.92 Å². The van der Waals surface area contributed by atoms with E-state index in [2.05, 4.69) is 0 Å². The molecule has 0 aliphatic heterocycles. The summed E-state index contributed by atoms with van der Waals surface area (Å²) in [6, 6.07) is 6.89. The molecule has 0 unspecified atom stereocenters. The molecule has 0 fully saturated rings. The van der Waals surface area contributed by atoms with E-state index in [4.69, 9.17) is 28.9 Å². The predicted molar refractivity (Wildman–Crippen MR) is 83.6 cm³/mol. The van der Waals surface area contributed by atoms with Crippen molar-refractivity contribution in [2.45, 2.75) is 19.4 Å². The summed E-state index contributed by atoms with van der Waals surface area (Å²) in [4.78, 5) is 11.1. The molecule has 0 aromatic heterocycles. The van der Waals surface area contributed by atoms with Crippen LogP contribution in [0, 0.1) is 0 Å². The lowest BCUT2D eigenvalue weighted by atomic mass is 10.0. The van der Waals surface area contributed by atoms with Crippen molar-refractivity contribution in [3.05, 3.63) is 29.8 Å². The van der Waals surface area contributed by atoms with Gasteiger partial charge >= 0.3 is 0 Å². The van der Waals surface area contributed by atoms with Crippen LogP contribution in [0.25, 0.3) is 0 Å². The van der Waals surface area contributed by atoms with Crippen LogP contribution in [0.15, 0.2) is 24.3 Å². The Morgan fingerprint density at radius 1 is 1.25 bits per heavy atom. The van der Waals surface area contributed by atoms with Crippen molar-refractivity contribution >= 4 is 34.7 Å². The van der Waals surface area contributed by atoms with Gasteiger partial charge in [-0.3, -0.25) is 4.79 Å². The number of benzene rings is 1. The number of halogens is 2. The summed E-state index contributed by atoms with van der Waals surface area (Å²) in [6.07, 6.45) is 0.492. The fourth-order valence-electron chi connectivity index (χ4n) is 1.96. The fraction of sp³-hybridized carbons (Fsp3) is 0.500. The van der Waals surface area contributed by atoms with Gasteiger partial charge in [-0.25, -0.2) is 5.21 Å². The topological polar surface area (TPSA) is 63.3 Å². The van der Waals surface area contributed by atoms with E-state index in [9.17, 15) is 10.0 Å². The second-order valence-electron chi connectivity index (χ2n) is 4.84. The van der Waals surface area contributed by atoms with Crippen LogP contribution in [0.5, 0.6) is 0 Å². The monoisotopic (exact) mass is 319 g/mol. The van der Waals surface area contributed by atoms with Crippen LogP contribution in [0.3, 0.4) is 0 Å². The maximum atomic E-state index is 11.1. The number of rotatable bonds is 8. The number of hydrogen-bond acceptors (Lipinski definition) is 3. The van der Waals surface area contributed by atoms with Gasteiger partial charge in [0.1, 0.15) is 18.9 Å². The Bertz CT molecular complexity index is 431. The first-order valence-electron chi connectivity index (χ1n) is 6.50. The van der Waals surface area contributed by atoms with E-state index in [1.54, 1.807) is 0 Å². The summed E-state index contributed by atoms with van der Waals surface area (Å²) in [5.74, 6) is 0.639. The number of nitrogens with zero attached hydrogens (tertiary/aromatic N) is 1. The number of hydroxylamine groups is 2. The van der Waals surface area contributed by atoms with Gasteiger partial charge in [0, 0.05) is 12.1 Å². The molecule has 0 bridgehead atoms. The van der Waals surface area contributed by atoms with E-state index < -0.39 is 6.04 Å². The lowest BCUT2D eigenvalue weighted by Gasteiger charge is -2.28. The van der Waals surface area contributed by atoms with Crippen molar-refractivity contribution in [1.82, 2.24) is 4.65 Å². The zero-order chi connectivity index (χ0) is 15.2. The number of Topliss-reactive ketones (excluding diaryl/α,β-unsaturated/α-hetero) is 1. The Balaban J connectivity index is 2.85. The molecule has 0 saturated carbocycles. The highest BCUT2D eigenvalue weighted by molar-refractivity contribution is 6.18. The summed E-state index contributed by atoms with van der Waals surface area (Å²) in [5.41, 5.74) is 7.42. The highest BCUT2D eigenvalue weighted by atomic mass is 35.5. The van der Waals surface area contributed by atoms with Gasteiger partial charge in [-0.1, -0.05) is 12.1 Å². The third-order valence-corrected chi connectivity index (χ3v) is 3.64. The van der Waals surface area contributed by atoms with Gasteiger partial charge in [0.2, 0.25) is 0 Å². The molecule has 6 heteroatoms. The molecule has 0 aliphatic rings. The molecule has 3 N–H and O–H groups in total. The molecule has 0 amide bonds. The Labute approximate surface area is 129 Å². The zero-order valence-corrected chi connectivity index (χ0v) is 13.1. The zero-order valence-electron chi connectivity index (χ0n) is 11.6. The Morgan fingerprint density at radius 3 is 2.15 bits per heavy atom. The van der Waals surface area contributed by atoms with Crippen molar-refractivity contribution in [3.63, 3.8) is 0 Å². The van der Waals surface area contributed by atoms with E-state index in [0.29, 0.717) is 31.3 Å². The minimum absolute atomic E-state index is 0.0364. The van der Waals surface area contributed by atoms with E-state index >= 15 is 0 Å². The SMILES string of the molecule is CC(=O)[C@@H](N)Cc1ccc([N+](O)(CCCl)CCCl)cc1. The molecule has 0 spiro atoms. The summed E-state index contributed by atoms with van der Waals surface area (Å²) < 4.78 is -0.286. The van der Waals surface area contributed by atoms with Crippen LogP contribution in [0.2, 0.25) is 0 Å². The first kappa shape index (κ1) is 17.4. The standard InChI is InChI=1S/C14H21Cl2N2O2/c1-11(19)14(17)10-12-2-4-13(5-3-12)18(20,8-6-15)9-7-16/h2-5,14,20H,6-10,17H2,1H3/q+1/t14-/m0/s1. The summed E-state index contributed by atoms with van der Waals surface area (Å²) in [5, 5.41) is 10.5. The van der Waals surface area contributed by atoms with Gasteiger partial charge in [0.25, 0.3) is 0 Å². The second kappa shape index (κ2) is 7.96. The molecule has 4 nitrogen and oxygen atoms in total. The molecule has 20 heavy (non-hydrogen) atoms. The molecule has 1 aromatic rings. The molecule has 112 valence electrons. The second-order valence-corrected chi connectivity index (χ2v) is 5.59. The molecule has 1 aromatic carbocycles. The lowest BCUT2D eigenvalue weighted by Crippen LogP contribution is -2.48. The third kappa shape index (κ3) is 4.72. The number of ketones is 1. The maximum absolute atomic E-state index is 11.1. The normalized spacial score (nSPS) is 13.2. The number of hydrogen-bond donors (Lipinski definition) is 2. The fourth-order valence-corrected chi connectivity index (χ4v) is 2.52. The summed E-state index contributed by atoms with van der Waals surface area (Å²) in [7, 11) is 0. The Hall–Kier alpha value is -0.650. The number of quaternary nitrogens is 1.